The lowest BCUT2D eigenvalue weighted by Crippen LogP contribution is -2.32. The molecule has 3 rings (SSSR count). The molecule has 0 saturated carbocycles. The van der Waals surface area contributed by atoms with Crippen molar-refractivity contribution in [3.8, 4) is 5.75 Å². The summed E-state index contributed by atoms with van der Waals surface area (Å²) in [6.07, 6.45) is 14.0. The van der Waals surface area contributed by atoms with E-state index in [0.717, 1.165) is 49.0 Å². The van der Waals surface area contributed by atoms with Gasteiger partial charge in [0.05, 0.1) is 18.8 Å². The van der Waals surface area contributed by atoms with Crippen LogP contribution < -0.4 is 4.74 Å². The van der Waals surface area contributed by atoms with E-state index < -0.39 is 0 Å². The highest BCUT2D eigenvalue weighted by Gasteiger charge is 2.24. The molecule has 0 bridgehead atoms. The third-order valence-corrected chi connectivity index (χ3v) is 6.00. The van der Waals surface area contributed by atoms with E-state index in [2.05, 4.69) is 50.0 Å². The number of allylic oxidation sites excluding steroid dienone is 3. The van der Waals surface area contributed by atoms with Crippen LogP contribution in [-0.2, 0) is 4.74 Å². The molecule has 172 valence electrons. The van der Waals surface area contributed by atoms with Crippen molar-refractivity contribution < 1.29 is 9.47 Å². The number of para-hydroxylation sites is 1. The molecule has 2 unspecified atom stereocenters. The zero-order chi connectivity index (χ0) is 22.9. The van der Waals surface area contributed by atoms with Crippen molar-refractivity contribution in [3.05, 3.63) is 59.5 Å². The van der Waals surface area contributed by atoms with Gasteiger partial charge >= 0.3 is 0 Å². The second-order valence-electron chi connectivity index (χ2n) is 8.63. The monoisotopic (exact) mass is 435 g/mol. The molecule has 0 saturated heterocycles. The molecule has 1 aliphatic heterocycles. The number of hydrogen-bond acceptors (Lipinski definition) is 5. The summed E-state index contributed by atoms with van der Waals surface area (Å²) in [6.45, 7) is 4.38. The van der Waals surface area contributed by atoms with E-state index in [0.29, 0.717) is 11.9 Å². The van der Waals surface area contributed by atoms with Crippen molar-refractivity contribution in [1.29, 1.82) is 0 Å². The lowest BCUT2D eigenvalue weighted by molar-refractivity contribution is 0.249. The second kappa shape index (κ2) is 11.8. The largest absolute Gasteiger partial charge is 0.496 e. The van der Waals surface area contributed by atoms with Crippen LogP contribution in [-0.4, -0.2) is 50.4 Å². The van der Waals surface area contributed by atoms with Crippen molar-refractivity contribution in [2.45, 2.75) is 64.5 Å². The van der Waals surface area contributed by atoms with Gasteiger partial charge in [-0.1, -0.05) is 49.3 Å². The third-order valence-electron chi connectivity index (χ3n) is 6.00. The van der Waals surface area contributed by atoms with Gasteiger partial charge in [-0.25, -0.2) is 4.99 Å². The van der Waals surface area contributed by atoms with Crippen LogP contribution in [0, 0.1) is 0 Å². The number of aliphatic imine (C=N–C) groups is 2. The van der Waals surface area contributed by atoms with Gasteiger partial charge in [0, 0.05) is 23.6 Å². The number of hydrogen-bond donors (Lipinski definition) is 0. The maximum atomic E-state index is 6.49. The van der Waals surface area contributed by atoms with Crippen molar-refractivity contribution >= 4 is 17.7 Å². The maximum Gasteiger partial charge on any atom is 0.221 e. The van der Waals surface area contributed by atoms with Gasteiger partial charge < -0.3 is 14.4 Å². The van der Waals surface area contributed by atoms with Crippen molar-refractivity contribution in [2.75, 3.05) is 21.2 Å². The minimum absolute atomic E-state index is 0.145. The molecule has 32 heavy (non-hydrogen) atoms. The summed E-state index contributed by atoms with van der Waals surface area (Å²) in [5, 5.41) is 0. The van der Waals surface area contributed by atoms with Crippen LogP contribution in [0.15, 0.2) is 63.9 Å². The lowest BCUT2D eigenvalue weighted by Gasteiger charge is -2.30. The Morgan fingerprint density at radius 1 is 1.28 bits per heavy atom. The van der Waals surface area contributed by atoms with E-state index in [9.17, 15) is 0 Å². The lowest BCUT2D eigenvalue weighted by atomic mass is 9.92. The molecule has 1 aliphatic carbocycles. The van der Waals surface area contributed by atoms with Crippen LogP contribution in [0.5, 0.6) is 5.75 Å². The van der Waals surface area contributed by atoms with E-state index in [1.165, 1.54) is 17.7 Å². The molecule has 1 aromatic carbocycles. The zero-order valence-corrected chi connectivity index (χ0v) is 20.2. The first-order valence-electron chi connectivity index (χ1n) is 11.7. The van der Waals surface area contributed by atoms with E-state index in [1.54, 1.807) is 7.11 Å². The summed E-state index contributed by atoms with van der Waals surface area (Å²) in [5.74, 6) is 1.43. The van der Waals surface area contributed by atoms with Gasteiger partial charge in [-0.15, -0.1) is 0 Å². The Labute approximate surface area is 193 Å². The molecule has 0 amide bonds. The van der Waals surface area contributed by atoms with Gasteiger partial charge in [0.15, 0.2) is 0 Å². The van der Waals surface area contributed by atoms with Crippen molar-refractivity contribution in [1.82, 2.24) is 4.90 Å². The Balaban J connectivity index is 1.87. The van der Waals surface area contributed by atoms with Gasteiger partial charge in [-0.05, 0) is 59.2 Å². The Kier molecular flexibility index (Phi) is 8.86. The van der Waals surface area contributed by atoms with Gasteiger partial charge in [0.1, 0.15) is 11.9 Å². The number of nitrogens with zero attached hydrogens (tertiary/aromatic N) is 3. The smallest absolute Gasteiger partial charge is 0.221 e. The van der Waals surface area contributed by atoms with E-state index in [1.807, 2.05) is 36.7 Å². The molecule has 0 N–H and O–H groups in total. The van der Waals surface area contributed by atoms with Crippen LogP contribution in [0.2, 0.25) is 0 Å². The Hall–Kier alpha value is -2.66. The van der Waals surface area contributed by atoms with Crippen LogP contribution in [0.3, 0.4) is 0 Å². The Morgan fingerprint density at radius 2 is 2.09 bits per heavy atom. The fourth-order valence-corrected chi connectivity index (χ4v) is 4.27. The number of rotatable bonds is 8. The average molecular weight is 436 g/mol. The standard InChI is InChI=1S/C27H37N3O2/c1-6-12-21(19-29-26-20(2)13-11-16-24(26)30(3)4)32-27-23(15-9-10-18-28-27)22-14-7-8-17-25(22)31-5/h7-8,10,14-15,17-19,21,24H,6,9,11-13,16H2,1-5H3. The summed E-state index contributed by atoms with van der Waals surface area (Å²) in [5.41, 5.74) is 4.52. The van der Waals surface area contributed by atoms with E-state index >= 15 is 0 Å². The molecule has 2 atom stereocenters. The Bertz CT molecular complexity index is 925. The van der Waals surface area contributed by atoms with Crippen molar-refractivity contribution in [3.63, 3.8) is 0 Å². The first kappa shape index (κ1) is 24.0. The first-order valence-corrected chi connectivity index (χ1v) is 11.7. The van der Waals surface area contributed by atoms with Crippen LogP contribution >= 0.6 is 0 Å². The quantitative estimate of drug-likeness (QED) is 0.468. The number of methoxy groups -OCH3 is 1. The summed E-state index contributed by atoms with van der Waals surface area (Å²) in [7, 11) is 5.96. The molecule has 1 aromatic rings. The summed E-state index contributed by atoms with van der Waals surface area (Å²) < 4.78 is 12.1. The number of ether oxygens (including phenoxy) is 2. The van der Waals surface area contributed by atoms with Gasteiger partial charge in [0.25, 0.3) is 0 Å². The second-order valence-corrected chi connectivity index (χ2v) is 8.63. The molecule has 0 radical (unpaired) electrons. The molecule has 5 nitrogen and oxygen atoms in total. The molecule has 0 aromatic heterocycles. The molecule has 0 fully saturated rings. The summed E-state index contributed by atoms with van der Waals surface area (Å²) in [6, 6.07) is 8.37. The molecule has 2 aliphatic rings. The fourth-order valence-electron chi connectivity index (χ4n) is 4.27. The minimum atomic E-state index is -0.145. The molecule has 0 spiro atoms. The SMILES string of the molecule is CCCC(C=NC1=C(C)CCCC1N(C)C)OC1=NC=CCC=C1c1ccccc1OC. The maximum absolute atomic E-state index is 6.49. The molecular weight excluding hydrogens is 398 g/mol. The predicted octanol–water partition coefficient (Wildman–Crippen LogP) is 6.04. The van der Waals surface area contributed by atoms with Gasteiger partial charge in [0.2, 0.25) is 5.90 Å². The van der Waals surface area contributed by atoms with Crippen LogP contribution in [0.4, 0.5) is 0 Å². The fraction of sp³-hybridized carbons (Fsp3) is 0.481. The molecular formula is C27H37N3O2. The van der Waals surface area contributed by atoms with Crippen LogP contribution in [0.25, 0.3) is 5.57 Å². The van der Waals surface area contributed by atoms with E-state index in [-0.39, 0.29) is 6.10 Å². The zero-order valence-electron chi connectivity index (χ0n) is 20.2. The highest BCUT2D eigenvalue weighted by Crippen LogP contribution is 2.30. The predicted molar refractivity (Wildman–Crippen MR) is 134 cm³/mol. The summed E-state index contributed by atoms with van der Waals surface area (Å²) >= 11 is 0. The number of likely N-dealkylation sites (N-methyl/N-ethyl adjacent to an activating group) is 1. The van der Waals surface area contributed by atoms with Gasteiger partial charge in [-0.2, -0.15) is 0 Å². The Morgan fingerprint density at radius 3 is 2.84 bits per heavy atom. The number of benzene rings is 1. The normalized spacial score (nSPS) is 20.2. The molecule has 1 heterocycles. The van der Waals surface area contributed by atoms with E-state index in [4.69, 9.17) is 14.5 Å². The summed E-state index contributed by atoms with van der Waals surface area (Å²) in [4.78, 5) is 11.9. The highest BCUT2D eigenvalue weighted by molar-refractivity contribution is 6.21. The third kappa shape index (κ3) is 5.98. The van der Waals surface area contributed by atoms with Crippen LogP contribution in [0.1, 0.15) is 57.9 Å². The molecule has 5 heteroatoms. The first-order chi connectivity index (χ1) is 15.5. The van der Waals surface area contributed by atoms with Crippen molar-refractivity contribution in [2.24, 2.45) is 9.98 Å². The highest BCUT2D eigenvalue weighted by atomic mass is 16.5. The van der Waals surface area contributed by atoms with Gasteiger partial charge in [-0.3, -0.25) is 4.99 Å². The topological polar surface area (TPSA) is 46.4 Å². The minimum Gasteiger partial charge on any atom is -0.496 e. The average Bonchev–Trinajstić information content (AvgIpc) is 3.03.